The maximum atomic E-state index is 10.0. The zero-order chi connectivity index (χ0) is 15.4. The Morgan fingerprint density at radius 2 is 2.00 bits per heavy atom. The summed E-state index contributed by atoms with van der Waals surface area (Å²) in [7, 11) is 1.53. The second kappa shape index (κ2) is 7.78. The summed E-state index contributed by atoms with van der Waals surface area (Å²) < 4.78 is 6.63. The summed E-state index contributed by atoms with van der Waals surface area (Å²) in [5.74, 6) is 0.509. The Bertz CT molecular complexity index is 494. The molecule has 1 saturated heterocycles. The summed E-state index contributed by atoms with van der Waals surface area (Å²) in [4.78, 5) is 2.34. The van der Waals surface area contributed by atoms with Crippen LogP contribution >= 0.6 is 31.9 Å². The lowest BCUT2D eigenvalue weighted by Crippen LogP contribution is -2.45. The van der Waals surface area contributed by atoms with Crippen LogP contribution in [0.3, 0.4) is 0 Å². The molecule has 1 aromatic carbocycles. The number of phenolic OH excluding ortho intramolecular Hbond substituents is 1. The second-order valence-electron chi connectivity index (χ2n) is 4.96. The van der Waals surface area contributed by atoms with E-state index in [2.05, 4.69) is 42.1 Å². The van der Waals surface area contributed by atoms with Gasteiger partial charge in [0.15, 0.2) is 11.5 Å². The first-order valence-electron chi connectivity index (χ1n) is 6.90. The van der Waals surface area contributed by atoms with Gasteiger partial charge in [0.1, 0.15) is 0 Å². The number of piperazine rings is 1. The number of rotatable bonds is 5. The number of nitrogens with one attached hydrogen (secondary N) is 1. The lowest BCUT2D eigenvalue weighted by Gasteiger charge is -2.35. The standard InChI is InChI=1S/C14H20Br2N2O3/c1-21-11-8-9(12(15)13(16)14(11)20)10(2-7-19)18-5-3-17-4-6-18/h8,10,17,19-20H,2-7H2,1H3/t10-/m1/s1. The van der Waals surface area contributed by atoms with Gasteiger partial charge >= 0.3 is 0 Å². The first-order chi connectivity index (χ1) is 10.1. The van der Waals surface area contributed by atoms with Crippen molar-refractivity contribution in [2.24, 2.45) is 0 Å². The van der Waals surface area contributed by atoms with Crippen molar-refractivity contribution in [3.8, 4) is 11.5 Å². The van der Waals surface area contributed by atoms with E-state index < -0.39 is 0 Å². The number of ether oxygens (including phenoxy) is 1. The number of benzene rings is 1. The van der Waals surface area contributed by atoms with Crippen LogP contribution < -0.4 is 10.1 Å². The van der Waals surface area contributed by atoms with Crippen molar-refractivity contribution in [1.82, 2.24) is 10.2 Å². The molecule has 1 aliphatic heterocycles. The van der Waals surface area contributed by atoms with E-state index in [1.54, 1.807) is 0 Å². The highest BCUT2D eigenvalue weighted by Gasteiger charge is 2.26. The Morgan fingerprint density at radius 1 is 1.33 bits per heavy atom. The number of phenols is 1. The normalized spacial score (nSPS) is 17.7. The fourth-order valence-corrected chi connectivity index (χ4v) is 3.65. The monoisotopic (exact) mass is 422 g/mol. The molecule has 0 aliphatic carbocycles. The van der Waals surface area contributed by atoms with Gasteiger partial charge in [-0.05, 0) is 49.9 Å². The predicted molar refractivity (Wildman–Crippen MR) is 88.9 cm³/mol. The van der Waals surface area contributed by atoms with Gasteiger partial charge in [0.05, 0.1) is 11.6 Å². The van der Waals surface area contributed by atoms with E-state index >= 15 is 0 Å². The zero-order valence-corrected chi connectivity index (χ0v) is 15.1. The highest BCUT2D eigenvalue weighted by molar-refractivity contribution is 9.13. The van der Waals surface area contributed by atoms with Crippen molar-refractivity contribution in [2.45, 2.75) is 12.5 Å². The van der Waals surface area contributed by atoms with Crippen molar-refractivity contribution in [2.75, 3.05) is 39.9 Å². The van der Waals surface area contributed by atoms with Crippen molar-refractivity contribution in [1.29, 1.82) is 0 Å². The Hall–Kier alpha value is -0.340. The quantitative estimate of drug-likeness (QED) is 0.677. The summed E-state index contributed by atoms with van der Waals surface area (Å²) in [5.41, 5.74) is 1.01. The van der Waals surface area contributed by atoms with Gasteiger partial charge in [0, 0.05) is 43.3 Å². The molecular formula is C14H20Br2N2O3. The molecule has 0 unspecified atom stereocenters. The average molecular weight is 424 g/mol. The van der Waals surface area contributed by atoms with Crippen LogP contribution in [0.1, 0.15) is 18.0 Å². The third-order valence-corrected chi connectivity index (χ3v) is 5.91. The third kappa shape index (κ3) is 3.71. The van der Waals surface area contributed by atoms with Gasteiger partial charge in [-0.2, -0.15) is 0 Å². The average Bonchev–Trinajstić information content (AvgIpc) is 2.52. The minimum Gasteiger partial charge on any atom is -0.503 e. The van der Waals surface area contributed by atoms with Crippen molar-refractivity contribution in [3.05, 3.63) is 20.6 Å². The number of aromatic hydroxyl groups is 1. The minimum absolute atomic E-state index is 0.0798. The molecule has 0 amide bonds. The molecule has 118 valence electrons. The van der Waals surface area contributed by atoms with E-state index in [4.69, 9.17) is 4.74 Å². The molecule has 1 aliphatic rings. The van der Waals surface area contributed by atoms with Crippen LogP contribution in [0.25, 0.3) is 0 Å². The van der Waals surface area contributed by atoms with Crippen molar-refractivity contribution < 1.29 is 14.9 Å². The molecule has 21 heavy (non-hydrogen) atoms. The summed E-state index contributed by atoms with van der Waals surface area (Å²) in [6, 6.07) is 1.92. The van der Waals surface area contributed by atoms with Gasteiger partial charge in [-0.25, -0.2) is 0 Å². The number of aliphatic hydroxyl groups excluding tert-OH is 1. The summed E-state index contributed by atoms with van der Waals surface area (Å²) >= 11 is 6.94. The fraction of sp³-hybridized carbons (Fsp3) is 0.571. The van der Waals surface area contributed by atoms with Gasteiger partial charge < -0.3 is 20.3 Å². The first kappa shape index (κ1) is 17.0. The topological polar surface area (TPSA) is 65.0 Å². The molecule has 1 heterocycles. The number of nitrogens with zero attached hydrogens (tertiary/aromatic N) is 1. The molecule has 7 heteroatoms. The highest BCUT2D eigenvalue weighted by atomic mass is 79.9. The van der Waals surface area contributed by atoms with Crippen LogP contribution in [-0.4, -0.2) is 55.0 Å². The molecule has 2 rings (SSSR count). The van der Waals surface area contributed by atoms with E-state index in [0.717, 1.165) is 36.2 Å². The second-order valence-corrected chi connectivity index (χ2v) is 6.54. The zero-order valence-electron chi connectivity index (χ0n) is 11.9. The van der Waals surface area contributed by atoms with Crippen molar-refractivity contribution in [3.63, 3.8) is 0 Å². The van der Waals surface area contributed by atoms with Crippen LogP contribution in [0.5, 0.6) is 11.5 Å². The molecule has 3 N–H and O–H groups in total. The minimum atomic E-state index is 0.0798. The lowest BCUT2D eigenvalue weighted by molar-refractivity contribution is 0.140. The molecule has 1 aromatic rings. The highest BCUT2D eigenvalue weighted by Crippen LogP contribution is 2.45. The largest absolute Gasteiger partial charge is 0.503 e. The van der Waals surface area contributed by atoms with Gasteiger partial charge in [-0.1, -0.05) is 0 Å². The van der Waals surface area contributed by atoms with Crippen molar-refractivity contribution >= 4 is 31.9 Å². The molecule has 0 radical (unpaired) electrons. The third-order valence-electron chi connectivity index (χ3n) is 3.75. The molecule has 0 spiro atoms. The number of methoxy groups -OCH3 is 1. The van der Waals surface area contributed by atoms with Crippen LogP contribution in [-0.2, 0) is 0 Å². The van der Waals surface area contributed by atoms with Gasteiger partial charge in [0.25, 0.3) is 0 Å². The Labute approximate surface area is 141 Å². The smallest absolute Gasteiger partial charge is 0.173 e. The molecule has 0 aromatic heterocycles. The van der Waals surface area contributed by atoms with Gasteiger partial charge in [0.2, 0.25) is 0 Å². The van der Waals surface area contributed by atoms with Crippen LogP contribution in [0.4, 0.5) is 0 Å². The van der Waals surface area contributed by atoms with E-state index in [1.165, 1.54) is 7.11 Å². The maximum Gasteiger partial charge on any atom is 0.173 e. The van der Waals surface area contributed by atoms with Gasteiger partial charge in [-0.3, -0.25) is 4.90 Å². The number of halogens is 2. The molecule has 1 fully saturated rings. The molecular weight excluding hydrogens is 404 g/mol. The molecule has 5 nitrogen and oxygen atoms in total. The van der Waals surface area contributed by atoms with Crippen LogP contribution in [0.2, 0.25) is 0 Å². The molecule has 1 atom stereocenters. The van der Waals surface area contributed by atoms with E-state index in [1.807, 2.05) is 6.07 Å². The van der Waals surface area contributed by atoms with Crippen LogP contribution in [0, 0.1) is 0 Å². The SMILES string of the molecule is COc1cc([C@@H](CCO)N2CCNCC2)c(Br)c(Br)c1O. The van der Waals surface area contributed by atoms with Crippen LogP contribution in [0.15, 0.2) is 15.0 Å². The first-order valence-corrected chi connectivity index (χ1v) is 8.49. The predicted octanol–water partition coefficient (Wildman–Crippen LogP) is 2.25. The van der Waals surface area contributed by atoms with Gasteiger partial charge in [-0.15, -0.1) is 0 Å². The molecule has 0 bridgehead atoms. The van der Waals surface area contributed by atoms with E-state index in [-0.39, 0.29) is 18.4 Å². The number of aliphatic hydroxyl groups is 1. The summed E-state index contributed by atoms with van der Waals surface area (Å²) in [6.07, 6.45) is 0.638. The Balaban J connectivity index is 2.41. The lowest BCUT2D eigenvalue weighted by atomic mass is 10.0. The Morgan fingerprint density at radius 3 is 2.57 bits per heavy atom. The Kier molecular flexibility index (Phi) is 6.31. The summed E-state index contributed by atoms with van der Waals surface area (Å²) in [6.45, 7) is 3.85. The summed E-state index contributed by atoms with van der Waals surface area (Å²) in [5, 5.41) is 22.8. The molecule has 0 saturated carbocycles. The number of hydrogen-bond acceptors (Lipinski definition) is 5. The van der Waals surface area contributed by atoms with E-state index in [9.17, 15) is 10.2 Å². The maximum absolute atomic E-state index is 10.0. The van der Waals surface area contributed by atoms with E-state index in [0.29, 0.717) is 16.6 Å². The fourth-order valence-electron chi connectivity index (χ4n) is 2.66. The number of hydrogen-bond donors (Lipinski definition) is 3.